The van der Waals surface area contributed by atoms with Gasteiger partial charge in [-0.1, -0.05) is 17.7 Å². The van der Waals surface area contributed by atoms with Crippen LogP contribution in [0.4, 0.5) is 5.69 Å². The lowest BCUT2D eigenvalue weighted by atomic mass is 9.94. The molecule has 2 bridgehead atoms. The number of carbonyl (C=O) groups excluding carboxylic acids is 2. The van der Waals surface area contributed by atoms with Crippen LogP contribution in [0.5, 0.6) is 0 Å². The van der Waals surface area contributed by atoms with Crippen molar-refractivity contribution in [1.82, 2.24) is 10.2 Å². The summed E-state index contributed by atoms with van der Waals surface area (Å²) in [4.78, 5) is 26.6. The highest BCUT2D eigenvalue weighted by molar-refractivity contribution is 6.31. The van der Waals surface area contributed by atoms with E-state index in [1.165, 1.54) is 0 Å². The molecule has 4 rings (SSSR count). The second kappa shape index (κ2) is 8.19. The monoisotopic (exact) mass is 371 g/mol. The first-order chi connectivity index (χ1) is 11.0. The molecule has 3 aliphatic heterocycles. The van der Waals surface area contributed by atoms with Crippen LogP contribution in [0.25, 0.3) is 0 Å². The third-order valence-electron chi connectivity index (χ3n) is 4.79. The Morgan fingerprint density at radius 1 is 1.33 bits per heavy atom. The summed E-state index contributed by atoms with van der Waals surface area (Å²) in [6.07, 6.45) is 2.07. The summed E-state index contributed by atoms with van der Waals surface area (Å²) in [6, 6.07) is 5.58. The molecule has 0 radical (unpaired) electrons. The minimum absolute atomic E-state index is 0. The van der Waals surface area contributed by atoms with E-state index in [4.69, 9.17) is 11.6 Å². The molecule has 0 saturated carbocycles. The van der Waals surface area contributed by atoms with Gasteiger partial charge < -0.3 is 15.5 Å². The number of hydrogen-bond donors (Lipinski definition) is 2. The molecular formula is C17H23Cl2N3O2. The molecule has 0 aromatic heterocycles. The molecule has 2 amide bonds. The molecule has 3 heterocycles. The van der Waals surface area contributed by atoms with Gasteiger partial charge in [0.1, 0.15) is 6.42 Å². The fraction of sp³-hybridized carbons (Fsp3) is 0.529. The Balaban J connectivity index is 0.00000208. The molecule has 24 heavy (non-hydrogen) atoms. The first-order valence-electron chi connectivity index (χ1n) is 8.09. The van der Waals surface area contributed by atoms with Crippen molar-refractivity contribution in [3.63, 3.8) is 0 Å². The van der Waals surface area contributed by atoms with Crippen LogP contribution in [0, 0.1) is 12.8 Å². The summed E-state index contributed by atoms with van der Waals surface area (Å²) >= 11 is 6.05. The Kier molecular flexibility index (Phi) is 6.49. The maximum Gasteiger partial charge on any atom is 0.233 e. The summed E-state index contributed by atoms with van der Waals surface area (Å²) in [7, 11) is 0. The third-order valence-corrected chi connectivity index (χ3v) is 5.20. The standard InChI is InChI=1S/C17H22ClN3O2.ClH/c1-11-14(18)3-2-4-15(11)20-16(22)7-17(23)21-10-12-5-6-13(21)9-19-8-12;/h2-4,12-13,19H,5-10H2,1H3,(H,20,22);1H/t12-,13+;/m1./s1. The van der Waals surface area contributed by atoms with E-state index in [1.807, 2.05) is 11.8 Å². The molecule has 3 fully saturated rings. The van der Waals surface area contributed by atoms with E-state index in [1.54, 1.807) is 18.2 Å². The highest BCUT2D eigenvalue weighted by atomic mass is 35.5. The maximum atomic E-state index is 12.5. The number of halogens is 2. The molecule has 1 aromatic rings. The van der Waals surface area contributed by atoms with E-state index in [0.29, 0.717) is 16.6 Å². The summed E-state index contributed by atoms with van der Waals surface area (Å²) in [5, 5.41) is 6.79. The number of fused-ring (bicyclic) bond motifs is 4. The second-order valence-corrected chi connectivity index (χ2v) is 6.85. The van der Waals surface area contributed by atoms with Crippen LogP contribution < -0.4 is 10.6 Å². The quantitative estimate of drug-likeness (QED) is 0.802. The molecule has 0 aliphatic carbocycles. The molecule has 3 aliphatic rings. The maximum absolute atomic E-state index is 12.5. The number of nitrogens with zero attached hydrogens (tertiary/aromatic N) is 1. The smallest absolute Gasteiger partial charge is 0.233 e. The topological polar surface area (TPSA) is 61.4 Å². The molecule has 0 unspecified atom stereocenters. The van der Waals surface area contributed by atoms with Gasteiger partial charge >= 0.3 is 0 Å². The summed E-state index contributed by atoms with van der Waals surface area (Å²) in [5.41, 5.74) is 1.47. The zero-order valence-corrected chi connectivity index (χ0v) is 15.3. The molecule has 0 spiro atoms. The summed E-state index contributed by atoms with van der Waals surface area (Å²) < 4.78 is 0. The first kappa shape index (κ1) is 19.0. The second-order valence-electron chi connectivity index (χ2n) is 6.44. The van der Waals surface area contributed by atoms with Gasteiger partial charge in [0.25, 0.3) is 0 Å². The van der Waals surface area contributed by atoms with Crippen molar-refractivity contribution < 1.29 is 9.59 Å². The van der Waals surface area contributed by atoms with E-state index >= 15 is 0 Å². The molecule has 2 atom stereocenters. The Morgan fingerprint density at radius 3 is 2.92 bits per heavy atom. The normalized spacial score (nSPS) is 22.5. The van der Waals surface area contributed by atoms with Gasteiger partial charge in [-0.05, 0) is 49.9 Å². The van der Waals surface area contributed by atoms with E-state index in [-0.39, 0.29) is 36.7 Å². The number of hydrogen-bond acceptors (Lipinski definition) is 3. The number of anilines is 1. The van der Waals surface area contributed by atoms with Gasteiger partial charge in [0, 0.05) is 29.8 Å². The molecule has 132 valence electrons. The fourth-order valence-electron chi connectivity index (χ4n) is 3.42. The molecular weight excluding hydrogens is 349 g/mol. The van der Waals surface area contributed by atoms with Gasteiger partial charge in [-0.3, -0.25) is 9.59 Å². The predicted octanol–water partition coefficient (Wildman–Crippen LogP) is 2.61. The van der Waals surface area contributed by atoms with Crippen molar-refractivity contribution in [3.8, 4) is 0 Å². The molecule has 2 N–H and O–H groups in total. The van der Waals surface area contributed by atoms with E-state index in [0.717, 1.165) is 38.0 Å². The van der Waals surface area contributed by atoms with Crippen molar-refractivity contribution in [2.45, 2.75) is 32.2 Å². The summed E-state index contributed by atoms with van der Waals surface area (Å²) in [6.45, 7) is 4.41. The van der Waals surface area contributed by atoms with Crippen LogP contribution in [0.15, 0.2) is 18.2 Å². The van der Waals surface area contributed by atoms with Crippen molar-refractivity contribution >= 4 is 41.5 Å². The fourth-order valence-corrected chi connectivity index (χ4v) is 3.59. The Hall–Kier alpha value is -1.30. The van der Waals surface area contributed by atoms with Crippen LogP contribution in [0.3, 0.4) is 0 Å². The van der Waals surface area contributed by atoms with Crippen LogP contribution in [-0.2, 0) is 9.59 Å². The van der Waals surface area contributed by atoms with Crippen LogP contribution in [0.1, 0.15) is 24.8 Å². The van der Waals surface area contributed by atoms with Gasteiger partial charge in [-0.2, -0.15) is 0 Å². The van der Waals surface area contributed by atoms with E-state index in [2.05, 4.69) is 10.6 Å². The Labute approximate surface area is 153 Å². The zero-order chi connectivity index (χ0) is 16.4. The van der Waals surface area contributed by atoms with E-state index < -0.39 is 0 Å². The largest absolute Gasteiger partial charge is 0.338 e. The van der Waals surface area contributed by atoms with Crippen molar-refractivity contribution in [3.05, 3.63) is 28.8 Å². The zero-order valence-electron chi connectivity index (χ0n) is 13.7. The number of nitrogens with one attached hydrogen (secondary N) is 2. The van der Waals surface area contributed by atoms with Gasteiger partial charge in [-0.25, -0.2) is 0 Å². The Morgan fingerprint density at radius 2 is 2.12 bits per heavy atom. The third kappa shape index (κ3) is 4.21. The average Bonchev–Trinajstić information content (AvgIpc) is 2.87. The highest BCUT2D eigenvalue weighted by Crippen LogP contribution is 2.26. The molecule has 1 aromatic carbocycles. The van der Waals surface area contributed by atoms with Gasteiger partial charge in [0.2, 0.25) is 11.8 Å². The highest BCUT2D eigenvalue weighted by Gasteiger charge is 2.34. The minimum atomic E-state index is -0.284. The lowest BCUT2D eigenvalue weighted by Crippen LogP contribution is -2.48. The molecule has 3 saturated heterocycles. The number of carbonyl (C=O) groups is 2. The first-order valence-corrected chi connectivity index (χ1v) is 8.47. The van der Waals surface area contributed by atoms with Crippen LogP contribution in [-0.4, -0.2) is 42.4 Å². The average molecular weight is 372 g/mol. The van der Waals surface area contributed by atoms with Crippen LogP contribution >= 0.6 is 24.0 Å². The lowest BCUT2D eigenvalue weighted by Gasteiger charge is -2.36. The van der Waals surface area contributed by atoms with Crippen molar-refractivity contribution in [1.29, 1.82) is 0 Å². The summed E-state index contributed by atoms with van der Waals surface area (Å²) in [5.74, 6) is 0.143. The van der Waals surface area contributed by atoms with Crippen LogP contribution in [0.2, 0.25) is 5.02 Å². The SMILES string of the molecule is Cc1c(Cl)cccc1NC(=O)CC(=O)N1C[C@@H]2CC[C@H]1CNC2.Cl. The van der Waals surface area contributed by atoms with Gasteiger partial charge in [-0.15, -0.1) is 12.4 Å². The van der Waals surface area contributed by atoms with Crippen molar-refractivity contribution in [2.75, 3.05) is 25.0 Å². The number of piperidine rings is 1. The number of benzene rings is 1. The Bertz CT molecular complexity index is 620. The number of amides is 2. The molecule has 7 heteroatoms. The minimum Gasteiger partial charge on any atom is -0.338 e. The van der Waals surface area contributed by atoms with E-state index in [9.17, 15) is 9.59 Å². The van der Waals surface area contributed by atoms with Gasteiger partial charge in [0.05, 0.1) is 0 Å². The lowest BCUT2D eigenvalue weighted by molar-refractivity contribution is -0.138. The van der Waals surface area contributed by atoms with Crippen molar-refractivity contribution in [2.24, 2.45) is 5.92 Å². The number of rotatable bonds is 3. The van der Waals surface area contributed by atoms with Gasteiger partial charge in [0.15, 0.2) is 0 Å². The predicted molar refractivity (Wildman–Crippen MR) is 97.8 cm³/mol. The molecule has 5 nitrogen and oxygen atoms in total.